The molecule has 1 fully saturated rings. The molecule has 8 nitrogen and oxygen atoms in total. The zero-order valence-corrected chi connectivity index (χ0v) is 21.4. The molecule has 39 heavy (non-hydrogen) atoms. The van der Waals surface area contributed by atoms with E-state index in [0.717, 1.165) is 0 Å². The van der Waals surface area contributed by atoms with Crippen LogP contribution in [-0.2, 0) is 16.8 Å². The zero-order valence-electron chi connectivity index (χ0n) is 21.4. The summed E-state index contributed by atoms with van der Waals surface area (Å²) >= 11 is 0. The molecule has 1 aliphatic heterocycles. The van der Waals surface area contributed by atoms with E-state index in [9.17, 15) is 19.2 Å². The molecule has 1 saturated carbocycles. The van der Waals surface area contributed by atoms with Gasteiger partial charge in [-0.3, -0.25) is 9.59 Å². The van der Waals surface area contributed by atoms with Crippen LogP contribution in [0.25, 0.3) is 22.0 Å². The average molecular weight is 526 g/mol. The predicted molar refractivity (Wildman–Crippen MR) is 140 cm³/mol. The Hall–Kier alpha value is -4.71. The number of carbonyl (C=O) groups excluding carboxylic acids is 1. The number of ketones is 1. The van der Waals surface area contributed by atoms with Crippen LogP contribution in [0.5, 0.6) is 17.2 Å². The SMILES string of the molecule is CCOc1ccc2c(-c3cccc(C#N)c3)nn(CC(=O)C3(c4ccc5c(c4)OC(C)(F)O5)CC3)c(=O)c2c1. The van der Waals surface area contributed by atoms with Gasteiger partial charge in [0.05, 0.1) is 34.7 Å². The highest BCUT2D eigenvalue weighted by Crippen LogP contribution is 2.52. The first-order chi connectivity index (χ1) is 18.7. The van der Waals surface area contributed by atoms with Crippen molar-refractivity contribution in [3.05, 3.63) is 82.1 Å². The van der Waals surface area contributed by atoms with Crippen LogP contribution in [0.15, 0.2) is 65.5 Å². The van der Waals surface area contributed by atoms with Gasteiger partial charge in [-0.15, -0.1) is 0 Å². The van der Waals surface area contributed by atoms with Crippen LogP contribution in [0.4, 0.5) is 4.39 Å². The highest BCUT2D eigenvalue weighted by Gasteiger charge is 2.51. The summed E-state index contributed by atoms with van der Waals surface area (Å²) in [7, 11) is 0. The molecule has 1 unspecified atom stereocenters. The number of aromatic nitrogens is 2. The summed E-state index contributed by atoms with van der Waals surface area (Å²) < 4.78 is 31.4. The standard InChI is InChI=1S/C30H24FN3O5/c1-3-37-21-8-9-22-23(15-21)28(36)34(33-27(22)19-6-4-5-18(13-19)16-32)17-26(35)30(11-12-30)20-7-10-24-25(14-20)39-29(2,31)38-24/h4-10,13-15H,3,11-12,17H2,1-2H3. The first-order valence-corrected chi connectivity index (χ1v) is 12.7. The summed E-state index contributed by atoms with van der Waals surface area (Å²) in [6, 6.07) is 17.0. The highest BCUT2D eigenvalue weighted by atomic mass is 19.2. The van der Waals surface area contributed by atoms with Gasteiger partial charge in [0.25, 0.3) is 5.56 Å². The molecular formula is C30H24FN3O5. The Balaban J connectivity index is 1.42. The Morgan fingerprint density at radius 3 is 2.64 bits per heavy atom. The Bertz CT molecular complexity index is 1750. The lowest BCUT2D eigenvalue weighted by Gasteiger charge is -2.17. The van der Waals surface area contributed by atoms with Gasteiger partial charge in [0.2, 0.25) is 0 Å². The van der Waals surface area contributed by atoms with E-state index in [2.05, 4.69) is 11.2 Å². The smallest absolute Gasteiger partial charge is 0.404 e. The molecule has 0 spiro atoms. The summed E-state index contributed by atoms with van der Waals surface area (Å²) in [6.45, 7) is 3.20. The molecule has 0 radical (unpaired) electrons. The van der Waals surface area contributed by atoms with Crippen molar-refractivity contribution in [3.8, 4) is 34.6 Å². The lowest BCUT2D eigenvalue weighted by molar-refractivity contribution is -0.173. The van der Waals surface area contributed by atoms with E-state index < -0.39 is 17.0 Å². The van der Waals surface area contributed by atoms with Crippen molar-refractivity contribution in [2.75, 3.05) is 6.61 Å². The van der Waals surface area contributed by atoms with Crippen molar-refractivity contribution < 1.29 is 23.4 Å². The van der Waals surface area contributed by atoms with Crippen molar-refractivity contribution in [3.63, 3.8) is 0 Å². The fourth-order valence-electron chi connectivity index (χ4n) is 5.10. The monoisotopic (exact) mass is 525 g/mol. The molecule has 1 atom stereocenters. The number of hydrogen-bond donors (Lipinski definition) is 0. The molecule has 0 amide bonds. The molecule has 1 aliphatic carbocycles. The number of alkyl halides is 1. The predicted octanol–water partition coefficient (Wildman–Crippen LogP) is 5.05. The van der Waals surface area contributed by atoms with Crippen molar-refractivity contribution in [2.24, 2.45) is 0 Å². The number of carbonyl (C=O) groups is 1. The fraction of sp³-hybridized carbons (Fsp3) is 0.267. The van der Waals surface area contributed by atoms with Crippen LogP contribution in [0.1, 0.15) is 37.8 Å². The van der Waals surface area contributed by atoms with Crippen LogP contribution in [0.3, 0.4) is 0 Å². The van der Waals surface area contributed by atoms with Gasteiger partial charge in [0.1, 0.15) is 12.3 Å². The lowest BCUT2D eigenvalue weighted by Crippen LogP contribution is -2.32. The third-order valence-corrected chi connectivity index (χ3v) is 7.17. The minimum absolute atomic E-state index is 0.184. The van der Waals surface area contributed by atoms with E-state index in [0.29, 0.717) is 58.4 Å². The number of ether oxygens (including phenoxy) is 3. The van der Waals surface area contributed by atoms with Crippen molar-refractivity contribution in [2.45, 2.75) is 44.7 Å². The third kappa shape index (κ3) is 4.28. The van der Waals surface area contributed by atoms with Crippen LogP contribution >= 0.6 is 0 Å². The van der Waals surface area contributed by atoms with Gasteiger partial charge in [-0.25, -0.2) is 4.68 Å². The molecule has 0 N–H and O–H groups in total. The molecular weight excluding hydrogens is 501 g/mol. The Morgan fingerprint density at radius 1 is 1.10 bits per heavy atom. The van der Waals surface area contributed by atoms with E-state index in [4.69, 9.17) is 14.2 Å². The minimum Gasteiger partial charge on any atom is -0.494 e. The molecule has 196 valence electrons. The van der Waals surface area contributed by atoms with E-state index in [1.807, 2.05) is 13.0 Å². The molecule has 0 saturated heterocycles. The number of halogens is 1. The van der Waals surface area contributed by atoms with E-state index in [1.165, 1.54) is 11.6 Å². The van der Waals surface area contributed by atoms with Gasteiger partial charge >= 0.3 is 6.04 Å². The molecule has 3 aromatic carbocycles. The fourth-order valence-corrected chi connectivity index (χ4v) is 5.10. The normalized spacial score (nSPS) is 18.5. The third-order valence-electron chi connectivity index (χ3n) is 7.17. The second kappa shape index (κ2) is 8.95. The molecule has 0 bridgehead atoms. The summed E-state index contributed by atoms with van der Waals surface area (Å²) in [6.07, 6.45) is 1.18. The highest BCUT2D eigenvalue weighted by molar-refractivity contribution is 5.96. The second-order valence-corrected chi connectivity index (χ2v) is 9.85. The quantitative estimate of drug-likeness (QED) is 0.333. The van der Waals surface area contributed by atoms with E-state index in [-0.39, 0.29) is 23.8 Å². The maximum atomic E-state index is 14.2. The van der Waals surface area contributed by atoms with Gasteiger partial charge in [-0.05, 0) is 67.8 Å². The number of rotatable bonds is 7. The molecule has 1 aromatic heterocycles. The van der Waals surface area contributed by atoms with Crippen molar-refractivity contribution in [1.82, 2.24) is 9.78 Å². The topological polar surface area (TPSA) is 103 Å². The summed E-state index contributed by atoms with van der Waals surface area (Å²) in [5.41, 5.74) is 1.02. The van der Waals surface area contributed by atoms with Gasteiger partial charge < -0.3 is 14.2 Å². The van der Waals surface area contributed by atoms with Gasteiger partial charge in [-0.2, -0.15) is 14.8 Å². The lowest BCUT2D eigenvalue weighted by atomic mass is 9.91. The second-order valence-electron chi connectivity index (χ2n) is 9.85. The Morgan fingerprint density at radius 2 is 1.90 bits per heavy atom. The first kappa shape index (κ1) is 24.6. The van der Waals surface area contributed by atoms with Crippen molar-refractivity contribution in [1.29, 1.82) is 5.26 Å². The Labute approximate surface area is 223 Å². The number of Topliss-reactive ketones (excluding diaryl/α,β-unsaturated/α-hetero) is 1. The van der Waals surface area contributed by atoms with Gasteiger partial charge in [0, 0.05) is 17.9 Å². The van der Waals surface area contributed by atoms with Crippen LogP contribution in [0.2, 0.25) is 0 Å². The maximum absolute atomic E-state index is 14.2. The maximum Gasteiger partial charge on any atom is 0.404 e. The summed E-state index contributed by atoms with van der Waals surface area (Å²) in [4.78, 5) is 27.3. The van der Waals surface area contributed by atoms with E-state index in [1.54, 1.807) is 54.6 Å². The van der Waals surface area contributed by atoms with Gasteiger partial charge in [0.15, 0.2) is 17.3 Å². The molecule has 6 rings (SSSR count). The van der Waals surface area contributed by atoms with Crippen LogP contribution in [0, 0.1) is 11.3 Å². The molecule has 4 aromatic rings. The largest absolute Gasteiger partial charge is 0.494 e. The average Bonchev–Trinajstić information content (AvgIpc) is 3.67. The first-order valence-electron chi connectivity index (χ1n) is 12.7. The number of nitrogens with zero attached hydrogens (tertiary/aromatic N) is 3. The van der Waals surface area contributed by atoms with Crippen molar-refractivity contribution >= 4 is 16.6 Å². The van der Waals surface area contributed by atoms with Crippen LogP contribution < -0.4 is 19.8 Å². The Kier molecular flexibility index (Phi) is 5.65. The summed E-state index contributed by atoms with van der Waals surface area (Å²) in [5, 5.41) is 15.0. The van der Waals surface area contributed by atoms with E-state index >= 15 is 0 Å². The zero-order chi connectivity index (χ0) is 27.4. The number of nitriles is 1. The van der Waals surface area contributed by atoms with Crippen LogP contribution in [-0.4, -0.2) is 28.2 Å². The number of benzene rings is 3. The minimum atomic E-state index is -2.26. The summed E-state index contributed by atoms with van der Waals surface area (Å²) in [5.74, 6) is 0.854. The number of hydrogen-bond acceptors (Lipinski definition) is 7. The van der Waals surface area contributed by atoms with Gasteiger partial charge in [-0.1, -0.05) is 18.2 Å². The molecule has 2 aliphatic rings. The molecule has 2 heterocycles. The molecule has 9 heteroatoms. The number of fused-ring (bicyclic) bond motifs is 2.